The smallest absolute Gasteiger partial charge is 0.255 e. The fraction of sp³-hybridized carbons (Fsp3) is 0.263. The molecular formula is C19H18F3NO2S. The highest BCUT2D eigenvalue weighted by molar-refractivity contribution is 7.80. The Morgan fingerprint density at radius 2 is 1.88 bits per heavy atom. The second-order valence-corrected chi connectivity index (χ2v) is 6.60. The summed E-state index contributed by atoms with van der Waals surface area (Å²) in [5.74, 6) is -2.77. The molecular weight excluding hydrogens is 363 g/mol. The minimum Gasteiger partial charge on any atom is -0.486 e. The zero-order valence-electron chi connectivity index (χ0n) is 14.3. The van der Waals surface area contributed by atoms with Crippen molar-refractivity contribution in [1.29, 1.82) is 0 Å². The maximum absolute atomic E-state index is 14.0. The Balaban J connectivity index is 2.16. The molecule has 138 valence electrons. The van der Waals surface area contributed by atoms with Gasteiger partial charge in [-0.05, 0) is 48.0 Å². The minimum atomic E-state index is -0.940. The van der Waals surface area contributed by atoms with Crippen molar-refractivity contribution in [2.45, 2.75) is 20.3 Å². The normalized spacial score (nSPS) is 10.7. The van der Waals surface area contributed by atoms with Crippen LogP contribution in [0, 0.1) is 23.4 Å². The highest BCUT2D eigenvalue weighted by atomic mass is 32.1. The minimum absolute atomic E-state index is 0.0195. The van der Waals surface area contributed by atoms with Crippen LogP contribution in [0.2, 0.25) is 0 Å². The summed E-state index contributed by atoms with van der Waals surface area (Å²) in [6.07, 6.45) is -0.0308. The molecule has 0 heterocycles. The first kappa shape index (κ1) is 19.9. The van der Waals surface area contributed by atoms with E-state index in [1.54, 1.807) is 0 Å². The van der Waals surface area contributed by atoms with E-state index < -0.39 is 23.4 Å². The Morgan fingerprint density at radius 3 is 2.54 bits per heavy atom. The molecule has 2 rings (SSSR count). The maximum atomic E-state index is 14.0. The second-order valence-electron chi connectivity index (χ2n) is 6.14. The zero-order valence-corrected chi connectivity index (χ0v) is 15.1. The van der Waals surface area contributed by atoms with E-state index in [0.717, 1.165) is 12.1 Å². The van der Waals surface area contributed by atoms with Crippen LogP contribution in [0.4, 0.5) is 18.9 Å². The number of amides is 1. The van der Waals surface area contributed by atoms with Gasteiger partial charge in [-0.1, -0.05) is 19.9 Å². The van der Waals surface area contributed by atoms with E-state index in [-0.39, 0.29) is 34.2 Å². The van der Waals surface area contributed by atoms with E-state index >= 15 is 0 Å². The van der Waals surface area contributed by atoms with Crippen LogP contribution in [0.25, 0.3) is 0 Å². The third-order valence-corrected chi connectivity index (χ3v) is 3.65. The average molecular weight is 381 g/mol. The molecule has 0 fully saturated rings. The van der Waals surface area contributed by atoms with Crippen molar-refractivity contribution in [1.82, 2.24) is 0 Å². The summed E-state index contributed by atoms with van der Waals surface area (Å²) in [6, 6.07) is 6.78. The molecule has 0 radical (unpaired) electrons. The van der Waals surface area contributed by atoms with Gasteiger partial charge in [-0.25, -0.2) is 13.2 Å². The molecule has 7 heteroatoms. The summed E-state index contributed by atoms with van der Waals surface area (Å²) >= 11 is 5.06. The van der Waals surface area contributed by atoms with Gasteiger partial charge in [0.2, 0.25) is 0 Å². The summed E-state index contributed by atoms with van der Waals surface area (Å²) in [7, 11) is 0. The van der Waals surface area contributed by atoms with Crippen molar-refractivity contribution in [3.05, 3.63) is 65.0 Å². The Hall–Kier alpha value is -2.41. The molecule has 1 amide bonds. The summed E-state index contributed by atoms with van der Waals surface area (Å²) in [6.45, 7) is 4.28. The van der Waals surface area contributed by atoms with Gasteiger partial charge >= 0.3 is 0 Å². The third-order valence-electron chi connectivity index (χ3n) is 3.38. The molecule has 3 nitrogen and oxygen atoms in total. The van der Waals surface area contributed by atoms with Gasteiger partial charge in [0.25, 0.3) is 5.91 Å². The van der Waals surface area contributed by atoms with Gasteiger partial charge in [-0.3, -0.25) is 4.79 Å². The van der Waals surface area contributed by atoms with Crippen molar-refractivity contribution in [3.8, 4) is 0 Å². The third kappa shape index (κ3) is 5.56. The fourth-order valence-corrected chi connectivity index (χ4v) is 2.34. The number of hydrogen-bond acceptors (Lipinski definition) is 3. The second kappa shape index (κ2) is 8.80. The van der Waals surface area contributed by atoms with E-state index in [2.05, 4.69) is 5.32 Å². The highest BCUT2D eigenvalue weighted by Gasteiger charge is 2.15. The Labute approximate surface area is 155 Å². The molecule has 0 unspecified atom stereocenters. The molecule has 0 atom stereocenters. The number of nitrogens with one attached hydrogen (secondary N) is 1. The van der Waals surface area contributed by atoms with Gasteiger partial charge in [0.15, 0.2) is 5.05 Å². The largest absolute Gasteiger partial charge is 0.486 e. The average Bonchev–Trinajstić information content (AvgIpc) is 2.57. The fourth-order valence-electron chi connectivity index (χ4n) is 2.12. The van der Waals surface area contributed by atoms with Crippen molar-refractivity contribution >= 4 is 28.9 Å². The first-order chi connectivity index (χ1) is 12.3. The van der Waals surface area contributed by atoms with Gasteiger partial charge in [0.1, 0.15) is 17.5 Å². The molecule has 0 aromatic heterocycles. The van der Waals surface area contributed by atoms with Crippen LogP contribution < -0.4 is 5.32 Å². The number of halogens is 3. The summed E-state index contributed by atoms with van der Waals surface area (Å²) in [5, 5.41) is 2.49. The van der Waals surface area contributed by atoms with E-state index in [4.69, 9.17) is 17.0 Å². The molecule has 2 aromatic carbocycles. The monoisotopic (exact) mass is 381 g/mol. The van der Waals surface area contributed by atoms with Gasteiger partial charge in [0, 0.05) is 18.1 Å². The molecule has 2 aromatic rings. The molecule has 0 saturated heterocycles. The molecule has 1 N–H and O–H groups in total. The van der Waals surface area contributed by atoms with Crippen molar-refractivity contribution in [2.75, 3.05) is 11.9 Å². The van der Waals surface area contributed by atoms with Crippen molar-refractivity contribution in [2.24, 2.45) is 5.92 Å². The summed E-state index contributed by atoms with van der Waals surface area (Å²) < 4.78 is 46.5. The van der Waals surface area contributed by atoms with Gasteiger partial charge in [-0.15, -0.1) is 0 Å². The van der Waals surface area contributed by atoms with Crippen molar-refractivity contribution in [3.63, 3.8) is 0 Å². The van der Waals surface area contributed by atoms with Crippen LogP contribution in [0.3, 0.4) is 0 Å². The lowest BCUT2D eigenvalue weighted by Gasteiger charge is -2.12. The molecule has 0 aliphatic rings. The van der Waals surface area contributed by atoms with Crippen LogP contribution in [-0.2, 0) is 11.2 Å². The van der Waals surface area contributed by atoms with Crippen molar-refractivity contribution < 1.29 is 22.7 Å². The SMILES string of the molecule is CC(C)COC(=S)Cc1cc(NC(=O)c2cccc(F)c2)c(F)cc1F. The topological polar surface area (TPSA) is 38.3 Å². The lowest BCUT2D eigenvalue weighted by atomic mass is 10.1. The molecule has 26 heavy (non-hydrogen) atoms. The number of thiocarbonyl (C=S) groups is 1. The van der Waals surface area contributed by atoms with Crippen LogP contribution in [0.1, 0.15) is 29.8 Å². The first-order valence-corrected chi connectivity index (χ1v) is 8.37. The molecule has 0 aliphatic heterocycles. The standard InChI is InChI=1S/C19H18F3NO2S/c1-11(2)10-25-18(26)8-13-7-17(16(22)9-15(13)21)23-19(24)12-4-3-5-14(20)6-12/h3-7,9,11H,8,10H2,1-2H3,(H,23,24). The Kier molecular flexibility index (Phi) is 6.74. The highest BCUT2D eigenvalue weighted by Crippen LogP contribution is 2.21. The van der Waals surface area contributed by atoms with E-state index in [9.17, 15) is 18.0 Å². The van der Waals surface area contributed by atoms with Crippen LogP contribution in [0.5, 0.6) is 0 Å². The number of hydrogen-bond donors (Lipinski definition) is 1. The first-order valence-electron chi connectivity index (χ1n) is 7.96. The van der Waals surface area contributed by atoms with Gasteiger partial charge in [-0.2, -0.15) is 0 Å². The lowest BCUT2D eigenvalue weighted by molar-refractivity contribution is 0.102. The number of carbonyl (C=O) groups is 1. The van der Waals surface area contributed by atoms with Crippen LogP contribution >= 0.6 is 12.2 Å². The molecule has 0 saturated carbocycles. The number of carbonyl (C=O) groups excluding carboxylic acids is 1. The van der Waals surface area contributed by atoms with Gasteiger partial charge < -0.3 is 10.1 Å². The molecule has 0 spiro atoms. The van der Waals surface area contributed by atoms with E-state index in [1.807, 2.05) is 13.8 Å². The van der Waals surface area contributed by atoms with E-state index in [0.29, 0.717) is 12.7 Å². The van der Waals surface area contributed by atoms with Gasteiger partial charge in [0.05, 0.1) is 12.3 Å². The number of benzene rings is 2. The Bertz CT molecular complexity index is 824. The summed E-state index contributed by atoms with van der Waals surface area (Å²) in [4.78, 5) is 12.1. The molecule has 0 bridgehead atoms. The lowest BCUT2D eigenvalue weighted by Crippen LogP contribution is -2.15. The van der Waals surface area contributed by atoms with E-state index in [1.165, 1.54) is 18.2 Å². The predicted octanol–water partition coefficient (Wildman–Crippen LogP) is 4.90. The maximum Gasteiger partial charge on any atom is 0.255 e. The zero-order chi connectivity index (χ0) is 19.3. The van der Waals surface area contributed by atoms with Crippen LogP contribution in [0.15, 0.2) is 36.4 Å². The number of anilines is 1. The summed E-state index contributed by atoms with van der Waals surface area (Å²) in [5.41, 5.74) is -0.108. The number of ether oxygens (including phenoxy) is 1. The molecule has 0 aliphatic carbocycles. The predicted molar refractivity (Wildman–Crippen MR) is 97.8 cm³/mol. The number of rotatable bonds is 6. The quantitative estimate of drug-likeness (QED) is 0.724. The van der Waals surface area contributed by atoms with Crippen LogP contribution in [-0.4, -0.2) is 17.6 Å². The Morgan fingerprint density at radius 1 is 1.15 bits per heavy atom.